The van der Waals surface area contributed by atoms with Gasteiger partial charge in [0.25, 0.3) is 5.56 Å². The number of nitrogens with zero attached hydrogens (tertiary/aromatic N) is 1. The minimum Gasteiger partial charge on any atom is -0.382 e. The molecule has 1 N–H and O–H groups in total. The van der Waals surface area contributed by atoms with E-state index in [2.05, 4.69) is 4.98 Å². The molecular formula is C9H14N2O4. The van der Waals surface area contributed by atoms with Gasteiger partial charge in [0.2, 0.25) is 0 Å². The number of nitrogens with one attached hydrogen (secondary N) is 1. The van der Waals surface area contributed by atoms with Crippen molar-refractivity contribution in [2.75, 3.05) is 20.3 Å². The Morgan fingerprint density at radius 1 is 1.40 bits per heavy atom. The molecule has 1 aromatic heterocycles. The second kappa shape index (κ2) is 5.47. The average Bonchev–Trinajstić information content (AvgIpc) is 2.20. The summed E-state index contributed by atoms with van der Waals surface area (Å²) in [5.74, 6) is 0. The van der Waals surface area contributed by atoms with Gasteiger partial charge in [-0.3, -0.25) is 14.3 Å². The Bertz CT molecular complexity index is 421. The Kier molecular flexibility index (Phi) is 4.26. The van der Waals surface area contributed by atoms with Gasteiger partial charge in [0.1, 0.15) is 6.73 Å². The molecule has 15 heavy (non-hydrogen) atoms. The summed E-state index contributed by atoms with van der Waals surface area (Å²) in [5, 5.41) is 0. The Hall–Kier alpha value is -1.40. The van der Waals surface area contributed by atoms with Crippen molar-refractivity contribution in [2.45, 2.75) is 13.7 Å². The first kappa shape index (κ1) is 11.7. The third-order valence-corrected chi connectivity index (χ3v) is 1.85. The van der Waals surface area contributed by atoms with E-state index in [1.807, 2.05) is 0 Å². The maximum Gasteiger partial charge on any atom is 0.330 e. The quantitative estimate of drug-likeness (QED) is 0.668. The fourth-order valence-electron chi connectivity index (χ4n) is 1.02. The van der Waals surface area contributed by atoms with E-state index in [1.165, 1.54) is 10.8 Å². The van der Waals surface area contributed by atoms with Crippen LogP contribution in [0.5, 0.6) is 0 Å². The van der Waals surface area contributed by atoms with Gasteiger partial charge in [-0.25, -0.2) is 4.79 Å². The van der Waals surface area contributed by atoms with Crippen molar-refractivity contribution >= 4 is 0 Å². The zero-order valence-corrected chi connectivity index (χ0v) is 8.78. The number of rotatable bonds is 5. The van der Waals surface area contributed by atoms with E-state index in [4.69, 9.17) is 9.47 Å². The van der Waals surface area contributed by atoms with E-state index >= 15 is 0 Å². The lowest BCUT2D eigenvalue weighted by molar-refractivity contribution is 0.0319. The van der Waals surface area contributed by atoms with Gasteiger partial charge >= 0.3 is 5.69 Å². The molecule has 0 aliphatic rings. The lowest BCUT2D eigenvalue weighted by Crippen LogP contribution is -2.31. The van der Waals surface area contributed by atoms with Crippen molar-refractivity contribution < 1.29 is 9.47 Å². The van der Waals surface area contributed by atoms with Crippen molar-refractivity contribution in [3.63, 3.8) is 0 Å². The fourth-order valence-corrected chi connectivity index (χ4v) is 1.02. The summed E-state index contributed by atoms with van der Waals surface area (Å²) >= 11 is 0. The Balaban J connectivity index is 2.66. The van der Waals surface area contributed by atoms with Gasteiger partial charge in [0.05, 0.1) is 13.2 Å². The Morgan fingerprint density at radius 3 is 2.80 bits per heavy atom. The van der Waals surface area contributed by atoms with Crippen LogP contribution in [0.3, 0.4) is 0 Å². The van der Waals surface area contributed by atoms with Crippen LogP contribution in [0.15, 0.2) is 15.8 Å². The molecule has 0 aromatic carbocycles. The molecular weight excluding hydrogens is 200 g/mol. The predicted octanol–water partition coefficient (Wildman–Crippen LogP) is -0.534. The molecule has 0 fully saturated rings. The van der Waals surface area contributed by atoms with Crippen molar-refractivity contribution in [2.24, 2.45) is 0 Å². The Labute approximate surface area is 86.5 Å². The smallest absolute Gasteiger partial charge is 0.330 e. The molecule has 0 aliphatic carbocycles. The van der Waals surface area contributed by atoms with E-state index in [-0.39, 0.29) is 12.3 Å². The molecule has 1 aromatic rings. The standard InChI is InChI=1S/C9H14N2O4/c1-7-5-11(6-15-4-3-14-2)9(13)10-8(7)12/h5H,3-4,6H2,1-2H3,(H,10,12,13). The maximum atomic E-state index is 11.3. The fraction of sp³-hybridized carbons (Fsp3) is 0.556. The summed E-state index contributed by atoms with van der Waals surface area (Å²) < 4.78 is 11.2. The summed E-state index contributed by atoms with van der Waals surface area (Å²) in [6.07, 6.45) is 1.47. The number of hydrogen-bond acceptors (Lipinski definition) is 4. The van der Waals surface area contributed by atoms with Crippen molar-refractivity contribution in [3.8, 4) is 0 Å². The first-order chi connectivity index (χ1) is 7.15. The number of aryl methyl sites for hydroxylation is 1. The van der Waals surface area contributed by atoms with Gasteiger partial charge < -0.3 is 9.47 Å². The van der Waals surface area contributed by atoms with Crippen LogP contribution in [0.1, 0.15) is 5.56 Å². The van der Waals surface area contributed by atoms with Gasteiger partial charge in [0, 0.05) is 18.9 Å². The molecule has 1 heterocycles. The summed E-state index contributed by atoms with van der Waals surface area (Å²) in [5.41, 5.74) is -0.360. The second-order valence-electron chi connectivity index (χ2n) is 3.07. The molecule has 0 amide bonds. The maximum absolute atomic E-state index is 11.3. The lowest BCUT2D eigenvalue weighted by Gasteiger charge is -2.06. The second-order valence-corrected chi connectivity index (χ2v) is 3.07. The minimum absolute atomic E-state index is 0.111. The van der Waals surface area contributed by atoms with E-state index in [9.17, 15) is 9.59 Å². The number of ether oxygens (including phenoxy) is 2. The third-order valence-electron chi connectivity index (χ3n) is 1.85. The van der Waals surface area contributed by atoms with Crippen LogP contribution in [0.4, 0.5) is 0 Å². The molecule has 0 aliphatic heterocycles. The van der Waals surface area contributed by atoms with Gasteiger partial charge in [-0.05, 0) is 6.92 Å². The predicted molar refractivity (Wildman–Crippen MR) is 53.9 cm³/mol. The first-order valence-electron chi connectivity index (χ1n) is 4.52. The SMILES string of the molecule is COCCOCn1cc(C)c(=O)[nH]c1=O. The molecule has 0 spiro atoms. The van der Waals surface area contributed by atoms with Crippen molar-refractivity contribution in [1.82, 2.24) is 9.55 Å². The zero-order valence-electron chi connectivity index (χ0n) is 8.78. The largest absolute Gasteiger partial charge is 0.382 e. The van der Waals surface area contributed by atoms with E-state index in [0.29, 0.717) is 18.8 Å². The van der Waals surface area contributed by atoms with Crippen LogP contribution in [0.25, 0.3) is 0 Å². The highest BCUT2D eigenvalue weighted by atomic mass is 16.5. The molecule has 0 saturated heterocycles. The first-order valence-corrected chi connectivity index (χ1v) is 4.52. The van der Waals surface area contributed by atoms with E-state index in [1.54, 1.807) is 14.0 Å². The summed E-state index contributed by atoms with van der Waals surface area (Å²) in [4.78, 5) is 24.5. The average molecular weight is 214 g/mol. The number of aromatic nitrogens is 2. The molecule has 0 atom stereocenters. The van der Waals surface area contributed by atoms with E-state index < -0.39 is 5.69 Å². The third kappa shape index (κ3) is 3.34. The lowest BCUT2D eigenvalue weighted by atomic mass is 10.4. The normalized spacial score (nSPS) is 10.5. The molecule has 0 radical (unpaired) electrons. The van der Waals surface area contributed by atoms with Gasteiger partial charge in [-0.1, -0.05) is 0 Å². The summed E-state index contributed by atoms with van der Waals surface area (Å²) in [6.45, 7) is 2.61. The van der Waals surface area contributed by atoms with Gasteiger partial charge in [-0.15, -0.1) is 0 Å². The number of H-pyrrole nitrogens is 1. The summed E-state index contributed by atoms with van der Waals surface area (Å²) in [6, 6.07) is 0. The topological polar surface area (TPSA) is 73.3 Å². The molecule has 6 nitrogen and oxygen atoms in total. The highest BCUT2D eigenvalue weighted by molar-refractivity contribution is 5.00. The highest BCUT2D eigenvalue weighted by Crippen LogP contribution is 1.86. The van der Waals surface area contributed by atoms with Crippen LogP contribution in [0.2, 0.25) is 0 Å². The number of methoxy groups -OCH3 is 1. The minimum atomic E-state index is -0.469. The van der Waals surface area contributed by atoms with Crippen LogP contribution < -0.4 is 11.2 Å². The molecule has 6 heteroatoms. The van der Waals surface area contributed by atoms with Crippen LogP contribution in [0, 0.1) is 6.92 Å². The van der Waals surface area contributed by atoms with Gasteiger partial charge in [0.15, 0.2) is 0 Å². The number of aromatic amines is 1. The van der Waals surface area contributed by atoms with Gasteiger partial charge in [-0.2, -0.15) is 0 Å². The molecule has 0 unspecified atom stereocenters. The van der Waals surface area contributed by atoms with Crippen LogP contribution >= 0.6 is 0 Å². The molecule has 84 valence electrons. The van der Waals surface area contributed by atoms with Crippen molar-refractivity contribution in [1.29, 1.82) is 0 Å². The van der Waals surface area contributed by atoms with Crippen molar-refractivity contribution in [3.05, 3.63) is 32.6 Å². The van der Waals surface area contributed by atoms with Crippen LogP contribution in [-0.4, -0.2) is 29.9 Å². The zero-order chi connectivity index (χ0) is 11.3. The molecule has 0 bridgehead atoms. The number of hydrogen-bond donors (Lipinski definition) is 1. The van der Waals surface area contributed by atoms with E-state index in [0.717, 1.165) is 0 Å². The highest BCUT2D eigenvalue weighted by Gasteiger charge is 1.99. The molecule has 0 saturated carbocycles. The Morgan fingerprint density at radius 2 is 2.13 bits per heavy atom. The van der Waals surface area contributed by atoms with Crippen LogP contribution in [-0.2, 0) is 16.2 Å². The molecule has 1 rings (SSSR count). The summed E-state index contributed by atoms with van der Waals surface area (Å²) in [7, 11) is 1.57. The monoisotopic (exact) mass is 214 g/mol.